The molecule has 0 radical (unpaired) electrons. The average molecular weight is 271 g/mol. The SMILES string of the molecule is COC(=O)/C(C)=C/CNc1ccc(OC(F)F)cc1. The Hall–Kier alpha value is -2.11. The maximum absolute atomic E-state index is 11.9. The molecule has 0 bridgehead atoms. The Bertz CT molecular complexity index is 444. The van der Waals surface area contributed by atoms with Crippen LogP contribution in [0.4, 0.5) is 14.5 Å². The second-order valence-corrected chi connectivity index (χ2v) is 3.66. The van der Waals surface area contributed by atoms with Crippen molar-refractivity contribution in [2.75, 3.05) is 19.0 Å². The van der Waals surface area contributed by atoms with Crippen LogP contribution < -0.4 is 10.1 Å². The van der Waals surface area contributed by atoms with Gasteiger partial charge in [-0.3, -0.25) is 0 Å². The highest BCUT2D eigenvalue weighted by atomic mass is 19.3. The molecule has 0 saturated carbocycles. The molecular formula is C13H15F2NO3. The second-order valence-electron chi connectivity index (χ2n) is 3.66. The van der Waals surface area contributed by atoms with Crippen LogP contribution in [0.3, 0.4) is 0 Å². The molecule has 104 valence electrons. The van der Waals surface area contributed by atoms with E-state index in [0.717, 1.165) is 5.69 Å². The monoisotopic (exact) mass is 271 g/mol. The van der Waals surface area contributed by atoms with Gasteiger partial charge in [-0.2, -0.15) is 8.78 Å². The summed E-state index contributed by atoms with van der Waals surface area (Å²) in [5.74, 6) is -0.288. The van der Waals surface area contributed by atoms with Gasteiger partial charge in [-0.1, -0.05) is 6.08 Å². The fourth-order valence-electron chi connectivity index (χ4n) is 1.32. The minimum Gasteiger partial charge on any atom is -0.466 e. The van der Waals surface area contributed by atoms with Crippen molar-refractivity contribution in [1.82, 2.24) is 0 Å². The molecule has 0 aliphatic carbocycles. The van der Waals surface area contributed by atoms with Crippen LogP contribution in [0, 0.1) is 0 Å². The number of methoxy groups -OCH3 is 1. The van der Waals surface area contributed by atoms with Gasteiger partial charge in [0.15, 0.2) is 0 Å². The summed E-state index contributed by atoms with van der Waals surface area (Å²) in [7, 11) is 1.31. The number of hydrogen-bond acceptors (Lipinski definition) is 4. The van der Waals surface area contributed by atoms with Gasteiger partial charge in [-0.15, -0.1) is 0 Å². The molecule has 0 aliphatic heterocycles. The van der Waals surface area contributed by atoms with E-state index >= 15 is 0 Å². The number of benzene rings is 1. The first-order valence-electron chi connectivity index (χ1n) is 5.56. The number of anilines is 1. The van der Waals surface area contributed by atoms with Crippen molar-refractivity contribution in [1.29, 1.82) is 0 Å². The normalized spacial score (nSPS) is 11.3. The number of nitrogens with one attached hydrogen (secondary N) is 1. The van der Waals surface area contributed by atoms with E-state index in [-0.39, 0.29) is 11.7 Å². The molecule has 4 nitrogen and oxygen atoms in total. The summed E-state index contributed by atoms with van der Waals surface area (Å²) in [5, 5.41) is 3.01. The highest BCUT2D eigenvalue weighted by molar-refractivity contribution is 5.87. The third kappa shape index (κ3) is 5.37. The zero-order valence-electron chi connectivity index (χ0n) is 10.7. The standard InChI is InChI=1S/C13H15F2NO3/c1-9(12(17)18-2)7-8-16-10-3-5-11(6-4-10)19-13(14)15/h3-7,13,16H,8H2,1-2H3/b9-7+. The largest absolute Gasteiger partial charge is 0.466 e. The minimum atomic E-state index is -2.83. The fourth-order valence-corrected chi connectivity index (χ4v) is 1.32. The van der Waals surface area contributed by atoms with Crippen molar-refractivity contribution >= 4 is 11.7 Å². The quantitative estimate of drug-likeness (QED) is 0.638. The molecule has 0 aromatic heterocycles. The zero-order valence-corrected chi connectivity index (χ0v) is 10.7. The predicted molar refractivity (Wildman–Crippen MR) is 67.3 cm³/mol. The fraction of sp³-hybridized carbons (Fsp3) is 0.308. The third-order valence-corrected chi connectivity index (χ3v) is 2.30. The molecule has 19 heavy (non-hydrogen) atoms. The molecule has 0 amide bonds. The van der Waals surface area contributed by atoms with Crippen LogP contribution in [0.5, 0.6) is 5.75 Å². The molecule has 0 heterocycles. The lowest BCUT2D eigenvalue weighted by Crippen LogP contribution is -2.05. The first-order chi connectivity index (χ1) is 9.02. The maximum atomic E-state index is 11.9. The molecule has 0 fully saturated rings. The molecule has 0 atom stereocenters. The van der Waals surface area contributed by atoms with Crippen LogP contribution in [-0.4, -0.2) is 26.2 Å². The van der Waals surface area contributed by atoms with Crippen molar-refractivity contribution in [3.8, 4) is 5.75 Å². The van der Waals surface area contributed by atoms with Crippen LogP contribution >= 0.6 is 0 Å². The first-order valence-corrected chi connectivity index (χ1v) is 5.56. The van der Waals surface area contributed by atoms with Crippen molar-refractivity contribution in [3.63, 3.8) is 0 Å². The number of halogens is 2. The summed E-state index contributed by atoms with van der Waals surface area (Å²) < 4.78 is 32.6. The van der Waals surface area contributed by atoms with Gasteiger partial charge in [0.05, 0.1) is 7.11 Å². The smallest absolute Gasteiger partial charge is 0.387 e. The van der Waals surface area contributed by atoms with Crippen LogP contribution in [0.2, 0.25) is 0 Å². The predicted octanol–water partition coefficient (Wildman–Crippen LogP) is 2.82. The lowest BCUT2D eigenvalue weighted by Gasteiger charge is -2.07. The Morgan fingerprint density at radius 1 is 1.37 bits per heavy atom. The van der Waals surface area contributed by atoms with E-state index in [9.17, 15) is 13.6 Å². The molecule has 0 aliphatic rings. The van der Waals surface area contributed by atoms with Crippen LogP contribution in [0.1, 0.15) is 6.92 Å². The summed E-state index contributed by atoms with van der Waals surface area (Å²) in [6.45, 7) is -0.757. The van der Waals surface area contributed by atoms with E-state index in [1.54, 1.807) is 25.1 Å². The second kappa shape index (κ2) is 7.35. The Kier molecular flexibility index (Phi) is 5.78. The summed E-state index contributed by atoms with van der Waals surface area (Å²) >= 11 is 0. The minimum absolute atomic E-state index is 0.0989. The molecule has 0 saturated heterocycles. The maximum Gasteiger partial charge on any atom is 0.387 e. The number of ether oxygens (including phenoxy) is 2. The molecule has 1 aromatic rings. The van der Waals surface area contributed by atoms with Gasteiger partial charge < -0.3 is 14.8 Å². The summed E-state index contributed by atoms with van der Waals surface area (Å²) in [5.41, 5.74) is 1.23. The van der Waals surface area contributed by atoms with Gasteiger partial charge in [-0.25, -0.2) is 4.79 Å². The first kappa shape index (κ1) is 14.9. The highest BCUT2D eigenvalue weighted by Crippen LogP contribution is 2.17. The Morgan fingerprint density at radius 2 is 2.00 bits per heavy atom. The number of rotatable bonds is 6. The Morgan fingerprint density at radius 3 is 2.53 bits per heavy atom. The lowest BCUT2D eigenvalue weighted by atomic mass is 10.2. The molecule has 1 rings (SSSR count). The topological polar surface area (TPSA) is 47.6 Å². The molecule has 1 aromatic carbocycles. The van der Waals surface area contributed by atoms with Crippen LogP contribution in [0.25, 0.3) is 0 Å². The molecule has 6 heteroatoms. The molecule has 0 spiro atoms. The van der Waals surface area contributed by atoms with E-state index in [2.05, 4.69) is 14.8 Å². The lowest BCUT2D eigenvalue weighted by molar-refractivity contribution is -0.136. The summed E-state index contributed by atoms with van der Waals surface area (Å²) in [6, 6.07) is 6.09. The highest BCUT2D eigenvalue weighted by Gasteiger charge is 2.04. The van der Waals surface area contributed by atoms with Gasteiger partial charge in [0.25, 0.3) is 0 Å². The van der Waals surface area contributed by atoms with Gasteiger partial charge >= 0.3 is 12.6 Å². The number of carbonyl (C=O) groups excluding carboxylic acids is 1. The van der Waals surface area contributed by atoms with E-state index in [4.69, 9.17) is 0 Å². The Balaban J connectivity index is 2.48. The molecule has 0 unspecified atom stereocenters. The van der Waals surface area contributed by atoms with E-state index in [1.165, 1.54) is 19.2 Å². The van der Waals surface area contributed by atoms with Crippen LogP contribution in [-0.2, 0) is 9.53 Å². The van der Waals surface area contributed by atoms with Crippen LogP contribution in [0.15, 0.2) is 35.9 Å². The molecular weight excluding hydrogens is 256 g/mol. The number of hydrogen-bond donors (Lipinski definition) is 1. The van der Waals surface area contributed by atoms with E-state index < -0.39 is 6.61 Å². The number of carbonyl (C=O) groups is 1. The van der Waals surface area contributed by atoms with E-state index in [0.29, 0.717) is 12.1 Å². The van der Waals surface area contributed by atoms with Crippen molar-refractivity contribution in [2.24, 2.45) is 0 Å². The van der Waals surface area contributed by atoms with E-state index in [1.807, 2.05) is 0 Å². The Labute approximate surface area is 110 Å². The van der Waals surface area contributed by atoms with Crippen molar-refractivity contribution in [2.45, 2.75) is 13.5 Å². The summed E-state index contributed by atoms with van der Waals surface area (Å²) in [4.78, 5) is 11.1. The summed E-state index contributed by atoms with van der Waals surface area (Å²) in [6.07, 6.45) is 1.68. The zero-order chi connectivity index (χ0) is 14.3. The number of alkyl halides is 2. The molecule has 1 N–H and O–H groups in total. The van der Waals surface area contributed by atoms with Gasteiger partial charge in [0, 0.05) is 17.8 Å². The average Bonchev–Trinajstić information content (AvgIpc) is 2.39. The van der Waals surface area contributed by atoms with Crippen molar-refractivity contribution in [3.05, 3.63) is 35.9 Å². The van der Waals surface area contributed by atoms with Gasteiger partial charge in [0.1, 0.15) is 5.75 Å². The van der Waals surface area contributed by atoms with Gasteiger partial charge in [-0.05, 0) is 31.2 Å². The van der Waals surface area contributed by atoms with Gasteiger partial charge in [0.2, 0.25) is 0 Å². The van der Waals surface area contributed by atoms with Crippen molar-refractivity contribution < 1.29 is 23.0 Å². The number of esters is 1. The third-order valence-electron chi connectivity index (χ3n) is 2.30.